The molecular formula is C22H22N2O6. The van der Waals surface area contributed by atoms with Crippen molar-refractivity contribution >= 4 is 29.3 Å². The van der Waals surface area contributed by atoms with E-state index in [1.165, 1.54) is 6.92 Å². The minimum atomic E-state index is -0.722. The molecule has 0 aliphatic heterocycles. The van der Waals surface area contributed by atoms with Gasteiger partial charge in [-0.15, -0.1) is 0 Å². The molecule has 0 spiro atoms. The molecule has 0 aromatic heterocycles. The van der Waals surface area contributed by atoms with Gasteiger partial charge >= 0.3 is 5.97 Å². The number of ether oxygens (including phenoxy) is 2. The maximum Gasteiger partial charge on any atom is 0.344 e. The van der Waals surface area contributed by atoms with Crippen molar-refractivity contribution < 1.29 is 28.7 Å². The number of nitrogens with one attached hydrogen (secondary N) is 2. The summed E-state index contributed by atoms with van der Waals surface area (Å²) in [6.45, 7) is 0.563. The standard InChI is InChI=1S/C22H22N2O6/c1-14(25)15-6-10-17(11-7-15)29-13-21(27)30-12-20(26)24-19-5-3-2-4-18(19)22(28)23-16-8-9-16/h2-7,10-11,16H,8-9,12-13H2,1H3,(H,23,28)(H,24,26). The molecule has 0 unspecified atom stereocenters. The Balaban J connectivity index is 1.44. The zero-order valence-corrected chi connectivity index (χ0v) is 16.5. The van der Waals surface area contributed by atoms with Gasteiger partial charge in [-0.2, -0.15) is 0 Å². The smallest absolute Gasteiger partial charge is 0.344 e. The van der Waals surface area contributed by atoms with Gasteiger partial charge < -0.3 is 20.1 Å². The van der Waals surface area contributed by atoms with Crippen LogP contribution in [-0.4, -0.2) is 42.8 Å². The van der Waals surface area contributed by atoms with Gasteiger partial charge in [-0.3, -0.25) is 14.4 Å². The van der Waals surface area contributed by atoms with Crippen LogP contribution in [0, 0.1) is 0 Å². The van der Waals surface area contributed by atoms with E-state index in [0.717, 1.165) is 12.8 Å². The summed E-state index contributed by atoms with van der Waals surface area (Å²) in [5.74, 6) is -1.22. The summed E-state index contributed by atoms with van der Waals surface area (Å²) in [5.41, 5.74) is 1.23. The van der Waals surface area contributed by atoms with Gasteiger partial charge in [0.25, 0.3) is 11.8 Å². The fourth-order valence-electron chi connectivity index (χ4n) is 2.58. The minimum Gasteiger partial charge on any atom is -0.482 e. The van der Waals surface area contributed by atoms with Gasteiger partial charge in [0.2, 0.25) is 0 Å². The van der Waals surface area contributed by atoms with Crippen molar-refractivity contribution in [3.63, 3.8) is 0 Å². The highest BCUT2D eigenvalue weighted by Gasteiger charge is 2.25. The Morgan fingerprint density at radius 3 is 2.33 bits per heavy atom. The van der Waals surface area contributed by atoms with E-state index in [1.54, 1.807) is 48.5 Å². The number of anilines is 1. The summed E-state index contributed by atoms with van der Waals surface area (Å²) in [4.78, 5) is 47.4. The van der Waals surface area contributed by atoms with Crippen LogP contribution >= 0.6 is 0 Å². The van der Waals surface area contributed by atoms with Crippen LogP contribution in [0.1, 0.15) is 40.5 Å². The summed E-state index contributed by atoms with van der Waals surface area (Å²) in [5, 5.41) is 5.45. The molecule has 3 rings (SSSR count). The molecule has 2 aromatic rings. The normalized spacial score (nSPS) is 12.6. The first-order chi connectivity index (χ1) is 14.4. The molecule has 1 fully saturated rings. The molecule has 30 heavy (non-hydrogen) atoms. The number of amides is 2. The lowest BCUT2D eigenvalue weighted by Gasteiger charge is -2.11. The number of benzene rings is 2. The van der Waals surface area contributed by atoms with Crippen LogP contribution in [0.3, 0.4) is 0 Å². The third kappa shape index (κ3) is 6.16. The van der Waals surface area contributed by atoms with Gasteiger partial charge in [-0.1, -0.05) is 12.1 Å². The summed E-state index contributed by atoms with van der Waals surface area (Å²) in [6, 6.07) is 13.1. The van der Waals surface area contributed by atoms with Gasteiger partial charge in [0, 0.05) is 11.6 Å². The van der Waals surface area contributed by atoms with Gasteiger partial charge in [0.15, 0.2) is 19.0 Å². The summed E-state index contributed by atoms with van der Waals surface area (Å²) >= 11 is 0. The van der Waals surface area contributed by atoms with Crippen molar-refractivity contribution in [1.29, 1.82) is 0 Å². The molecule has 8 heteroatoms. The summed E-state index contributed by atoms with van der Waals surface area (Å²) in [6.07, 6.45) is 1.92. The maximum absolute atomic E-state index is 12.3. The quantitative estimate of drug-likeness (QED) is 0.485. The molecule has 2 aromatic carbocycles. The topological polar surface area (TPSA) is 111 Å². The van der Waals surface area contributed by atoms with Gasteiger partial charge in [0.05, 0.1) is 11.3 Å². The fraction of sp³-hybridized carbons (Fsp3) is 0.273. The molecular weight excluding hydrogens is 388 g/mol. The molecule has 156 valence electrons. The first kappa shape index (κ1) is 21.0. The van der Waals surface area contributed by atoms with Crippen molar-refractivity contribution in [1.82, 2.24) is 5.32 Å². The third-order valence-corrected chi connectivity index (χ3v) is 4.34. The van der Waals surface area contributed by atoms with Crippen LogP contribution in [-0.2, 0) is 14.3 Å². The van der Waals surface area contributed by atoms with Crippen LogP contribution in [0.25, 0.3) is 0 Å². The second-order valence-corrected chi connectivity index (χ2v) is 6.87. The SMILES string of the molecule is CC(=O)c1ccc(OCC(=O)OCC(=O)Nc2ccccc2C(=O)NC2CC2)cc1. The lowest BCUT2D eigenvalue weighted by molar-refractivity contribution is -0.149. The predicted octanol–water partition coefficient (Wildman–Crippen LogP) is 2.34. The van der Waals surface area contributed by atoms with Crippen molar-refractivity contribution in [2.45, 2.75) is 25.8 Å². The Morgan fingerprint density at radius 2 is 1.67 bits per heavy atom. The van der Waals surface area contributed by atoms with E-state index in [2.05, 4.69) is 10.6 Å². The van der Waals surface area contributed by atoms with E-state index in [-0.39, 0.29) is 24.3 Å². The lowest BCUT2D eigenvalue weighted by Crippen LogP contribution is -2.28. The van der Waals surface area contributed by atoms with Crippen LogP contribution in [0.2, 0.25) is 0 Å². The highest BCUT2D eigenvalue weighted by molar-refractivity contribution is 6.04. The fourth-order valence-corrected chi connectivity index (χ4v) is 2.58. The maximum atomic E-state index is 12.3. The van der Waals surface area contributed by atoms with Crippen LogP contribution in [0.5, 0.6) is 5.75 Å². The van der Waals surface area contributed by atoms with Crippen molar-refractivity contribution in [2.75, 3.05) is 18.5 Å². The second-order valence-electron chi connectivity index (χ2n) is 6.87. The summed E-state index contributed by atoms with van der Waals surface area (Å²) < 4.78 is 10.2. The number of carbonyl (C=O) groups is 4. The monoisotopic (exact) mass is 410 g/mol. The number of rotatable bonds is 9. The molecule has 2 amide bonds. The largest absolute Gasteiger partial charge is 0.482 e. The molecule has 1 aliphatic carbocycles. The Kier molecular flexibility index (Phi) is 6.79. The molecule has 2 N–H and O–H groups in total. The van der Waals surface area contributed by atoms with Crippen LogP contribution < -0.4 is 15.4 Å². The molecule has 1 saturated carbocycles. The van der Waals surface area contributed by atoms with Crippen LogP contribution in [0.15, 0.2) is 48.5 Å². The van der Waals surface area contributed by atoms with E-state index in [4.69, 9.17) is 9.47 Å². The van der Waals surface area contributed by atoms with Gasteiger partial charge in [0.1, 0.15) is 5.75 Å². The number of esters is 1. The number of hydrogen-bond donors (Lipinski definition) is 2. The molecule has 0 bridgehead atoms. The molecule has 0 radical (unpaired) electrons. The molecule has 1 aliphatic rings. The highest BCUT2D eigenvalue weighted by atomic mass is 16.6. The molecule has 0 heterocycles. The van der Waals surface area contributed by atoms with Gasteiger partial charge in [-0.25, -0.2) is 4.79 Å². The molecule has 8 nitrogen and oxygen atoms in total. The van der Waals surface area contributed by atoms with Crippen molar-refractivity contribution in [3.8, 4) is 5.75 Å². The number of hydrogen-bond acceptors (Lipinski definition) is 6. The van der Waals surface area contributed by atoms with Crippen LogP contribution in [0.4, 0.5) is 5.69 Å². The number of Topliss-reactive ketones (excluding diaryl/α,β-unsaturated/α-hetero) is 1. The van der Waals surface area contributed by atoms with Gasteiger partial charge in [-0.05, 0) is 56.2 Å². The first-order valence-corrected chi connectivity index (χ1v) is 9.51. The van der Waals surface area contributed by atoms with E-state index in [1.807, 2.05) is 0 Å². The lowest BCUT2D eigenvalue weighted by atomic mass is 10.1. The summed E-state index contributed by atoms with van der Waals surface area (Å²) in [7, 11) is 0. The average Bonchev–Trinajstić information content (AvgIpc) is 3.55. The average molecular weight is 410 g/mol. The Labute approximate surface area is 173 Å². The number of carbonyl (C=O) groups excluding carboxylic acids is 4. The zero-order chi connectivity index (χ0) is 21.5. The van der Waals surface area contributed by atoms with E-state index in [9.17, 15) is 19.2 Å². The Bertz CT molecular complexity index is 950. The minimum absolute atomic E-state index is 0.0708. The number of ketones is 1. The third-order valence-electron chi connectivity index (χ3n) is 4.34. The predicted molar refractivity (Wildman–Crippen MR) is 108 cm³/mol. The highest BCUT2D eigenvalue weighted by Crippen LogP contribution is 2.21. The Morgan fingerprint density at radius 1 is 0.967 bits per heavy atom. The van der Waals surface area contributed by atoms with E-state index >= 15 is 0 Å². The zero-order valence-electron chi connectivity index (χ0n) is 16.5. The first-order valence-electron chi connectivity index (χ1n) is 9.51. The number of para-hydroxylation sites is 1. The Hall–Kier alpha value is -3.68. The van der Waals surface area contributed by atoms with Crippen molar-refractivity contribution in [2.24, 2.45) is 0 Å². The second kappa shape index (κ2) is 9.69. The van der Waals surface area contributed by atoms with Crippen molar-refractivity contribution in [3.05, 3.63) is 59.7 Å². The van der Waals surface area contributed by atoms with E-state index < -0.39 is 18.5 Å². The molecule has 0 atom stereocenters. The van der Waals surface area contributed by atoms with E-state index in [0.29, 0.717) is 22.6 Å². The molecule has 0 saturated heterocycles.